The van der Waals surface area contributed by atoms with Crippen molar-refractivity contribution in [2.24, 2.45) is 5.92 Å². The number of aromatic amines is 1. The standard InChI is InChI=1S/C28H30FN5O3/c1-36-27-20(29)7-5-8-21(27)32-26-23-24-18(12-31-28(23)35)6-3-2-4-11-34-14-17(15-34)16-37-22-13-30-10-9-19(22)25(26)33-24/h2-3,5,7-10,13,17-18,32-33H,4,6,11-12,14-16H2,1H3,(H,31,35). The quantitative estimate of drug-likeness (QED) is 0.458. The van der Waals surface area contributed by atoms with E-state index < -0.39 is 5.82 Å². The zero-order chi connectivity index (χ0) is 25.4. The number of methoxy groups -OCH3 is 1. The average molecular weight is 504 g/mol. The predicted octanol–water partition coefficient (Wildman–Crippen LogP) is 4.46. The number of rotatable bonds is 3. The van der Waals surface area contributed by atoms with Gasteiger partial charge in [0, 0.05) is 55.5 Å². The van der Waals surface area contributed by atoms with Crippen LogP contribution in [0.2, 0.25) is 0 Å². The van der Waals surface area contributed by atoms with Gasteiger partial charge in [0.15, 0.2) is 11.6 Å². The summed E-state index contributed by atoms with van der Waals surface area (Å²) in [6.45, 7) is 4.20. The van der Waals surface area contributed by atoms with E-state index in [9.17, 15) is 9.18 Å². The highest BCUT2D eigenvalue weighted by Gasteiger charge is 2.34. The lowest BCUT2D eigenvalue weighted by molar-refractivity contribution is 0.0639. The minimum atomic E-state index is -0.487. The second kappa shape index (κ2) is 9.89. The number of nitrogens with zero attached hydrogens (tertiary/aromatic N) is 2. The van der Waals surface area contributed by atoms with Crippen LogP contribution in [0.25, 0.3) is 11.3 Å². The number of fused-ring (bicyclic) bond motifs is 4. The van der Waals surface area contributed by atoms with Crippen molar-refractivity contribution >= 4 is 17.3 Å². The molecule has 1 unspecified atom stereocenters. The number of hydrogen-bond acceptors (Lipinski definition) is 6. The number of para-hydroxylation sites is 1. The van der Waals surface area contributed by atoms with Crippen molar-refractivity contribution in [3.63, 3.8) is 0 Å². The third-order valence-electron chi connectivity index (χ3n) is 7.36. The number of allylic oxidation sites excluding steroid dienone is 1. The van der Waals surface area contributed by atoms with Gasteiger partial charge in [-0.15, -0.1) is 0 Å². The molecule has 1 saturated heterocycles. The van der Waals surface area contributed by atoms with E-state index in [0.717, 1.165) is 43.7 Å². The summed E-state index contributed by atoms with van der Waals surface area (Å²) in [4.78, 5) is 23.6. The molecule has 9 heteroatoms. The van der Waals surface area contributed by atoms with E-state index in [2.05, 4.69) is 37.7 Å². The molecule has 3 aromatic rings. The van der Waals surface area contributed by atoms with Gasteiger partial charge < -0.3 is 30.0 Å². The van der Waals surface area contributed by atoms with Crippen LogP contribution >= 0.6 is 0 Å². The Morgan fingerprint density at radius 3 is 3.00 bits per heavy atom. The normalized spacial score (nSPS) is 22.8. The Hall–Kier alpha value is -3.85. The van der Waals surface area contributed by atoms with E-state index >= 15 is 0 Å². The van der Waals surface area contributed by atoms with E-state index in [1.54, 1.807) is 24.5 Å². The van der Waals surface area contributed by atoms with Gasteiger partial charge in [0.2, 0.25) is 0 Å². The average Bonchev–Trinajstić information content (AvgIpc) is 3.25. The van der Waals surface area contributed by atoms with Crippen molar-refractivity contribution in [2.45, 2.75) is 18.8 Å². The van der Waals surface area contributed by atoms with Crippen LogP contribution in [0, 0.1) is 11.7 Å². The molecule has 1 atom stereocenters. The summed E-state index contributed by atoms with van der Waals surface area (Å²) >= 11 is 0. The van der Waals surface area contributed by atoms with Gasteiger partial charge in [-0.25, -0.2) is 4.39 Å². The third kappa shape index (κ3) is 4.44. The SMILES string of the molecule is COc1c(F)cccc1Nc1c2[nH]c3c1C(=O)NCC3CC=CCCN1CC(COc3cnccc3-2)C1. The van der Waals surface area contributed by atoms with Crippen LogP contribution in [0.1, 0.15) is 34.8 Å². The molecule has 0 saturated carbocycles. The number of halogens is 1. The van der Waals surface area contributed by atoms with Crippen molar-refractivity contribution in [3.8, 4) is 22.8 Å². The summed E-state index contributed by atoms with van der Waals surface area (Å²) in [6, 6.07) is 6.56. The maximum absolute atomic E-state index is 14.5. The molecule has 2 aromatic heterocycles. The maximum atomic E-state index is 14.5. The van der Waals surface area contributed by atoms with Gasteiger partial charge in [-0.3, -0.25) is 9.78 Å². The first-order valence-electron chi connectivity index (χ1n) is 12.7. The molecule has 0 aliphatic carbocycles. The Morgan fingerprint density at radius 2 is 2.14 bits per heavy atom. The largest absolute Gasteiger partial charge is 0.492 e. The van der Waals surface area contributed by atoms with Gasteiger partial charge in [-0.05, 0) is 31.0 Å². The number of nitrogens with one attached hydrogen (secondary N) is 3. The monoisotopic (exact) mass is 503 g/mol. The molecule has 0 spiro atoms. The number of H-pyrrole nitrogens is 1. The molecule has 7 rings (SSSR count). The fraction of sp³-hybridized carbons (Fsp3) is 0.357. The number of pyridine rings is 1. The molecular weight excluding hydrogens is 473 g/mol. The molecule has 0 radical (unpaired) electrons. The summed E-state index contributed by atoms with van der Waals surface area (Å²) < 4.78 is 26.2. The molecule has 1 fully saturated rings. The number of anilines is 2. The number of hydrogen-bond donors (Lipinski definition) is 3. The lowest BCUT2D eigenvalue weighted by atomic mass is 9.93. The van der Waals surface area contributed by atoms with Gasteiger partial charge in [-0.2, -0.15) is 0 Å². The molecule has 3 N–H and O–H groups in total. The minimum Gasteiger partial charge on any atom is -0.492 e. The topological polar surface area (TPSA) is 91.5 Å². The van der Waals surface area contributed by atoms with Crippen LogP contribution in [0.3, 0.4) is 0 Å². The van der Waals surface area contributed by atoms with Crippen LogP contribution in [0.5, 0.6) is 11.5 Å². The van der Waals surface area contributed by atoms with Crippen molar-refractivity contribution in [1.82, 2.24) is 20.2 Å². The van der Waals surface area contributed by atoms with Crippen molar-refractivity contribution in [3.05, 3.63) is 65.9 Å². The van der Waals surface area contributed by atoms with Crippen molar-refractivity contribution in [2.75, 3.05) is 45.2 Å². The predicted molar refractivity (Wildman–Crippen MR) is 139 cm³/mol. The molecule has 6 heterocycles. The molecule has 192 valence electrons. The minimum absolute atomic E-state index is 0.0696. The summed E-state index contributed by atoms with van der Waals surface area (Å²) in [7, 11) is 1.43. The molecular formula is C28H30FN5O3. The van der Waals surface area contributed by atoms with Gasteiger partial charge in [-0.1, -0.05) is 18.2 Å². The van der Waals surface area contributed by atoms with Crippen LogP contribution in [0.4, 0.5) is 15.8 Å². The smallest absolute Gasteiger partial charge is 0.255 e. The van der Waals surface area contributed by atoms with Gasteiger partial charge in [0.25, 0.3) is 5.91 Å². The Morgan fingerprint density at radius 1 is 1.24 bits per heavy atom. The third-order valence-corrected chi connectivity index (χ3v) is 7.36. The van der Waals surface area contributed by atoms with E-state index in [1.165, 1.54) is 13.2 Å². The molecule has 4 bridgehead atoms. The molecule has 37 heavy (non-hydrogen) atoms. The van der Waals surface area contributed by atoms with Crippen molar-refractivity contribution in [1.29, 1.82) is 0 Å². The molecule has 1 amide bonds. The summed E-state index contributed by atoms with van der Waals surface area (Å²) in [6.07, 6.45) is 9.64. The lowest BCUT2D eigenvalue weighted by Crippen LogP contribution is -2.49. The lowest BCUT2D eigenvalue weighted by Gasteiger charge is -2.38. The first-order valence-corrected chi connectivity index (χ1v) is 12.7. The fourth-order valence-electron chi connectivity index (χ4n) is 5.45. The van der Waals surface area contributed by atoms with Crippen LogP contribution < -0.4 is 20.1 Å². The summed E-state index contributed by atoms with van der Waals surface area (Å²) in [5.74, 6) is 0.583. The van der Waals surface area contributed by atoms with Gasteiger partial charge in [0.1, 0.15) is 5.75 Å². The van der Waals surface area contributed by atoms with Gasteiger partial charge in [0.05, 0.1) is 42.5 Å². The number of amides is 1. The highest BCUT2D eigenvalue weighted by Crippen LogP contribution is 2.44. The maximum Gasteiger partial charge on any atom is 0.255 e. The molecule has 8 nitrogen and oxygen atoms in total. The highest BCUT2D eigenvalue weighted by molar-refractivity contribution is 6.07. The number of carbonyl (C=O) groups is 1. The number of benzene rings is 1. The van der Waals surface area contributed by atoms with Gasteiger partial charge >= 0.3 is 0 Å². The molecule has 1 aromatic carbocycles. The fourth-order valence-corrected chi connectivity index (χ4v) is 5.45. The van der Waals surface area contributed by atoms with Crippen LogP contribution in [0.15, 0.2) is 48.8 Å². The Kier molecular flexibility index (Phi) is 6.30. The second-order valence-corrected chi connectivity index (χ2v) is 9.82. The second-order valence-electron chi connectivity index (χ2n) is 9.82. The zero-order valence-corrected chi connectivity index (χ0v) is 20.7. The Balaban J connectivity index is 1.50. The number of carbonyl (C=O) groups excluding carboxylic acids is 1. The number of aromatic nitrogens is 2. The van der Waals surface area contributed by atoms with Crippen molar-refractivity contribution < 1.29 is 18.7 Å². The van der Waals surface area contributed by atoms with Crippen LogP contribution in [-0.4, -0.2) is 60.7 Å². The first kappa shape index (κ1) is 23.5. The highest BCUT2D eigenvalue weighted by atomic mass is 19.1. The van der Waals surface area contributed by atoms with Crippen LogP contribution in [-0.2, 0) is 0 Å². The molecule has 4 aliphatic heterocycles. The Bertz CT molecular complexity index is 1350. The summed E-state index contributed by atoms with van der Waals surface area (Å²) in [5, 5.41) is 6.37. The van der Waals surface area contributed by atoms with E-state index in [1.807, 2.05) is 6.07 Å². The Labute approximate surface area is 214 Å². The van der Waals surface area contributed by atoms with E-state index in [-0.39, 0.29) is 17.6 Å². The number of ether oxygens (including phenoxy) is 2. The molecule has 4 aliphatic rings. The van der Waals surface area contributed by atoms with E-state index in [4.69, 9.17) is 9.47 Å². The zero-order valence-electron chi connectivity index (χ0n) is 20.7. The van der Waals surface area contributed by atoms with E-state index in [0.29, 0.717) is 47.5 Å². The first-order chi connectivity index (χ1) is 18.1. The summed E-state index contributed by atoms with van der Waals surface area (Å²) in [5.41, 5.74) is 3.83.